The summed E-state index contributed by atoms with van der Waals surface area (Å²) in [7, 11) is 3.34. The topological polar surface area (TPSA) is 87.2 Å². The predicted octanol–water partition coefficient (Wildman–Crippen LogP) is 1.02. The quantitative estimate of drug-likeness (QED) is 0.788. The predicted molar refractivity (Wildman–Crippen MR) is 84.0 cm³/mol. The Labute approximate surface area is 134 Å². The zero-order valence-electron chi connectivity index (χ0n) is 13.4. The molecule has 7 nitrogen and oxygen atoms in total. The summed E-state index contributed by atoms with van der Waals surface area (Å²) < 4.78 is 5.52. The highest BCUT2D eigenvalue weighted by atomic mass is 16.5. The van der Waals surface area contributed by atoms with E-state index in [1.54, 1.807) is 44.1 Å². The van der Waals surface area contributed by atoms with Crippen molar-refractivity contribution in [1.29, 1.82) is 0 Å². The average Bonchev–Trinajstić information content (AvgIpc) is 2.50. The second-order valence-electron chi connectivity index (χ2n) is 5.64. The van der Waals surface area contributed by atoms with Crippen LogP contribution in [0.5, 0.6) is 5.75 Å². The molecule has 0 saturated carbocycles. The molecule has 0 radical (unpaired) electrons. The zero-order chi connectivity index (χ0) is 17.1. The molecular weight excluding hydrogens is 300 g/mol. The van der Waals surface area contributed by atoms with Gasteiger partial charge in [0.1, 0.15) is 5.75 Å². The Hall–Kier alpha value is -2.41. The third-order valence-corrected chi connectivity index (χ3v) is 3.75. The Morgan fingerprint density at radius 3 is 2.74 bits per heavy atom. The number of amides is 1. The summed E-state index contributed by atoms with van der Waals surface area (Å²) in [6, 6.07) is 4.97. The number of nitrogens with zero attached hydrogens (tertiary/aromatic N) is 2. The maximum Gasteiger partial charge on any atom is 0.304 e. The van der Waals surface area contributed by atoms with Crippen LogP contribution < -0.4 is 9.64 Å². The van der Waals surface area contributed by atoms with E-state index in [1.165, 1.54) is 4.90 Å². The lowest BCUT2D eigenvalue weighted by Crippen LogP contribution is -2.42. The summed E-state index contributed by atoms with van der Waals surface area (Å²) in [6.07, 6.45) is -0.562. The third kappa shape index (κ3) is 3.87. The highest BCUT2D eigenvalue weighted by Crippen LogP contribution is 2.34. The van der Waals surface area contributed by atoms with Crippen LogP contribution in [-0.4, -0.2) is 61.0 Å². The van der Waals surface area contributed by atoms with E-state index < -0.39 is 12.1 Å². The lowest BCUT2D eigenvalue weighted by atomic mass is 10.1. The van der Waals surface area contributed by atoms with E-state index in [4.69, 9.17) is 9.84 Å². The van der Waals surface area contributed by atoms with Crippen molar-refractivity contribution in [1.82, 2.24) is 4.90 Å². The van der Waals surface area contributed by atoms with Crippen LogP contribution in [0, 0.1) is 0 Å². The number of rotatable bonds is 6. The molecule has 0 bridgehead atoms. The SMILES string of the molecule is CC1Oc2ccc(C(=O)CN(C)CCC(=O)O)cc2N(C)C1=O. The summed E-state index contributed by atoms with van der Waals surface area (Å²) in [5, 5.41) is 8.66. The minimum Gasteiger partial charge on any atom is -0.481 e. The molecular formula is C16H20N2O5. The number of carbonyl (C=O) groups is 3. The van der Waals surface area contributed by atoms with Crippen LogP contribution in [-0.2, 0) is 9.59 Å². The first-order valence-electron chi connectivity index (χ1n) is 7.31. The van der Waals surface area contributed by atoms with E-state index in [0.29, 0.717) is 23.5 Å². The number of benzene rings is 1. The molecule has 124 valence electrons. The molecule has 1 aliphatic rings. The van der Waals surface area contributed by atoms with Gasteiger partial charge in [-0.25, -0.2) is 0 Å². The Morgan fingerprint density at radius 1 is 1.39 bits per heavy atom. The molecule has 0 aromatic heterocycles. The molecule has 2 rings (SSSR count). The number of hydrogen-bond acceptors (Lipinski definition) is 5. The number of likely N-dealkylation sites (N-methyl/N-ethyl adjacent to an activating group) is 2. The van der Waals surface area contributed by atoms with E-state index >= 15 is 0 Å². The van der Waals surface area contributed by atoms with Crippen molar-refractivity contribution in [3.05, 3.63) is 23.8 Å². The lowest BCUT2D eigenvalue weighted by molar-refractivity contribution is -0.137. The van der Waals surface area contributed by atoms with Gasteiger partial charge in [-0.05, 0) is 32.2 Å². The van der Waals surface area contributed by atoms with Gasteiger partial charge in [-0.15, -0.1) is 0 Å². The molecule has 0 saturated heterocycles. The minimum absolute atomic E-state index is 0.0169. The number of anilines is 1. The number of fused-ring (bicyclic) bond motifs is 1. The van der Waals surface area contributed by atoms with Crippen LogP contribution in [0.4, 0.5) is 5.69 Å². The first kappa shape index (κ1) is 17.0. The summed E-state index contributed by atoms with van der Waals surface area (Å²) in [5.74, 6) is -0.638. The van der Waals surface area contributed by atoms with Crippen molar-refractivity contribution < 1.29 is 24.2 Å². The fraction of sp³-hybridized carbons (Fsp3) is 0.438. The van der Waals surface area contributed by atoms with Crippen LogP contribution >= 0.6 is 0 Å². The van der Waals surface area contributed by atoms with Gasteiger partial charge in [0.15, 0.2) is 11.9 Å². The van der Waals surface area contributed by atoms with Crippen molar-refractivity contribution in [2.45, 2.75) is 19.4 Å². The van der Waals surface area contributed by atoms with Crippen LogP contribution in [0.15, 0.2) is 18.2 Å². The van der Waals surface area contributed by atoms with Gasteiger partial charge in [-0.3, -0.25) is 19.3 Å². The molecule has 7 heteroatoms. The number of ether oxygens (including phenoxy) is 1. The van der Waals surface area contributed by atoms with Crippen LogP contribution in [0.2, 0.25) is 0 Å². The normalized spacial score (nSPS) is 17.0. The molecule has 0 fully saturated rings. The fourth-order valence-corrected chi connectivity index (χ4v) is 2.39. The molecule has 0 spiro atoms. The fourth-order valence-electron chi connectivity index (χ4n) is 2.39. The summed E-state index contributed by atoms with van der Waals surface area (Å²) in [4.78, 5) is 37.9. The first-order valence-corrected chi connectivity index (χ1v) is 7.31. The average molecular weight is 320 g/mol. The van der Waals surface area contributed by atoms with Crippen molar-refractivity contribution in [3.8, 4) is 5.75 Å². The molecule has 0 aliphatic carbocycles. The van der Waals surface area contributed by atoms with E-state index in [2.05, 4.69) is 0 Å². The second-order valence-corrected chi connectivity index (χ2v) is 5.64. The molecule has 1 heterocycles. The van der Waals surface area contributed by atoms with Gasteiger partial charge in [0.2, 0.25) is 0 Å². The Kier molecular flexibility index (Phi) is 5.00. The molecule has 1 aromatic rings. The standard InChI is InChI=1S/C16H20N2O5/c1-10-16(22)18(3)12-8-11(4-5-14(12)23-10)13(19)9-17(2)7-6-15(20)21/h4-5,8,10H,6-7,9H2,1-3H3,(H,20,21). The minimum atomic E-state index is -0.899. The number of Topliss-reactive ketones (excluding diaryl/α,β-unsaturated/α-hetero) is 1. The van der Waals surface area contributed by atoms with Crippen LogP contribution in [0.3, 0.4) is 0 Å². The number of ketones is 1. The molecule has 1 aliphatic heterocycles. The van der Waals surface area contributed by atoms with Crippen molar-refractivity contribution in [2.24, 2.45) is 0 Å². The maximum atomic E-state index is 12.3. The van der Waals surface area contributed by atoms with E-state index in [-0.39, 0.29) is 24.7 Å². The Balaban J connectivity index is 2.11. The lowest BCUT2D eigenvalue weighted by Gasteiger charge is -2.30. The van der Waals surface area contributed by atoms with Gasteiger partial charge in [0, 0.05) is 19.2 Å². The summed E-state index contributed by atoms with van der Waals surface area (Å²) in [6.45, 7) is 2.09. The van der Waals surface area contributed by atoms with Gasteiger partial charge in [-0.2, -0.15) is 0 Å². The van der Waals surface area contributed by atoms with Gasteiger partial charge < -0.3 is 14.7 Å². The number of hydrogen-bond donors (Lipinski definition) is 1. The van der Waals surface area contributed by atoms with Gasteiger partial charge in [0.25, 0.3) is 5.91 Å². The number of carboxylic acid groups (broad SMARTS) is 1. The van der Waals surface area contributed by atoms with Crippen LogP contribution in [0.25, 0.3) is 0 Å². The zero-order valence-corrected chi connectivity index (χ0v) is 13.4. The molecule has 1 aromatic carbocycles. The maximum absolute atomic E-state index is 12.3. The number of aliphatic carboxylic acids is 1. The van der Waals surface area contributed by atoms with E-state index in [0.717, 1.165) is 0 Å². The molecule has 1 N–H and O–H groups in total. The van der Waals surface area contributed by atoms with Gasteiger partial charge >= 0.3 is 5.97 Å². The van der Waals surface area contributed by atoms with E-state index in [1.807, 2.05) is 0 Å². The van der Waals surface area contributed by atoms with Crippen molar-refractivity contribution in [2.75, 3.05) is 32.1 Å². The summed E-state index contributed by atoms with van der Waals surface area (Å²) in [5.41, 5.74) is 1.02. The Morgan fingerprint density at radius 2 is 2.09 bits per heavy atom. The number of carboxylic acids is 1. The van der Waals surface area contributed by atoms with E-state index in [9.17, 15) is 14.4 Å². The molecule has 1 atom stereocenters. The number of carbonyl (C=O) groups excluding carboxylic acids is 2. The second kappa shape index (κ2) is 6.78. The Bertz CT molecular complexity index is 643. The molecule has 23 heavy (non-hydrogen) atoms. The van der Waals surface area contributed by atoms with Gasteiger partial charge in [0.05, 0.1) is 18.7 Å². The van der Waals surface area contributed by atoms with Crippen LogP contribution in [0.1, 0.15) is 23.7 Å². The third-order valence-electron chi connectivity index (χ3n) is 3.75. The monoisotopic (exact) mass is 320 g/mol. The van der Waals surface area contributed by atoms with Crippen molar-refractivity contribution >= 4 is 23.3 Å². The van der Waals surface area contributed by atoms with Crippen molar-refractivity contribution in [3.63, 3.8) is 0 Å². The first-order chi connectivity index (χ1) is 10.8. The highest BCUT2D eigenvalue weighted by molar-refractivity contribution is 6.03. The highest BCUT2D eigenvalue weighted by Gasteiger charge is 2.29. The largest absolute Gasteiger partial charge is 0.481 e. The van der Waals surface area contributed by atoms with Gasteiger partial charge in [-0.1, -0.05) is 0 Å². The molecule has 1 amide bonds. The molecule has 1 unspecified atom stereocenters. The smallest absolute Gasteiger partial charge is 0.304 e. The summed E-state index contributed by atoms with van der Waals surface area (Å²) >= 11 is 0.